The topological polar surface area (TPSA) is 83.0 Å². The number of anilines is 2. The van der Waals surface area contributed by atoms with Gasteiger partial charge in [-0.25, -0.2) is 0 Å². The minimum Gasteiger partial charge on any atom is -0.393 e. The zero-order valence-electron chi connectivity index (χ0n) is 9.65. The van der Waals surface area contributed by atoms with Crippen LogP contribution in [0.3, 0.4) is 0 Å². The Hall–Kier alpha value is -1.14. The minimum atomic E-state index is -0.156. The molecule has 0 saturated heterocycles. The van der Waals surface area contributed by atoms with Crippen molar-refractivity contribution in [2.45, 2.75) is 25.4 Å². The lowest BCUT2D eigenvalue weighted by Gasteiger charge is -2.11. The molecule has 2 rings (SSSR count). The lowest BCUT2D eigenvalue weighted by Crippen LogP contribution is -2.15. The van der Waals surface area contributed by atoms with Crippen LogP contribution in [0.5, 0.6) is 0 Å². The number of hydrogen-bond acceptors (Lipinski definition) is 6. The highest BCUT2D eigenvalue weighted by atomic mass is 35.5. The predicted molar refractivity (Wildman–Crippen MR) is 66.2 cm³/mol. The van der Waals surface area contributed by atoms with Crippen molar-refractivity contribution in [1.82, 2.24) is 15.0 Å². The van der Waals surface area contributed by atoms with Crippen LogP contribution in [0.1, 0.15) is 19.3 Å². The van der Waals surface area contributed by atoms with Crippen LogP contribution in [-0.2, 0) is 0 Å². The van der Waals surface area contributed by atoms with Gasteiger partial charge in [-0.05, 0) is 36.8 Å². The third kappa shape index (κ3) is 3.41. The number of nitrogens with one attached hydrogen (secondary N) is 2. The molecule has 0 radical (unpaired) electrons. The molecular formula is C10H16ClN5O. The predicted octanol–water partition coefficient (Wildman–Crippen LogP) is 1.14. The number of nitrogens with zero attached hydrogens (tertiary/aromatic N) is 3. The van der Waals surface area contributed by atoms with E-state index in [9.17, 15) is 5.11 Å². The lowest BCUT2D eigenvalue weighted by atomic mass is 10.1. The molecule has 0 aliphatic heterocycles. The molecule has 0 spiro atoms. The molecule has 0 amide bonds. The van der Waals surface area contributed by atoms with E-state index in [0.717, 1.165) is 25.8 Å². The molecule has 0 aromatic carbocycles. The van der Waals surface area contributed by atoms with Crippen molar-refractivity contribution in [3.8, 4) is 0 Å². The Kier molecular flexibility index (Phi) is 3.96. The molecule has 7 heteroatoms. The summed E-state index contributed by atoms with van der Waals surface area (Å²) in [5.41, 5.74) is 0. The molecule has 17 heavy (non-hydrogen) atoms. The van der Waals surface area contributed by atoms with E-state index in [2.05, 4.69) is 25.6 Å². The summed E-state index contributed by atoms with van der Waals surface area (Å²) < 4.78 is 0. The van der Waals surface area contributed by atoms with E-state index in [1.54, 1.807) is 7.05 Å². The molecule has 1 heterocycles. The van der Waals surface area contributed by atoms with Gasteiger partial charge in [0.2, 0.25) is 17.2 Å². The van der Waals surface area contributed by atoms with Gasteiger partial charge in [0.1, 0.15) is 0 Å². The van der Waals surface area contributed by atoms with Gasteiger partial charge in [0.05, 0.1) is 6.10 Å². The molecular weight excluding hydrogens is 242 g/mol. The molecule has 1 saturated carbocycles. The van der Waals surface area contributed by atoms with Crippen LogP contribution in [-0.4, -0.2) is 39.8 Å². The molecule has 2 atom stereocenters. The van der Waals surface area contributed by atoms with Gasteiger partial charge in [-0.15, -0.1) is 0 Å². The fourth-order valence-corrected chi connectivity index (χ4v) is 2.17. The third-order valence-electron chi connectivity index (χ3n) is 2.89. The number of halogens is 1. The van der Waals surface area contributed by atoms with Gasteiger partial charge in [-0.2, -0.15) is 15.0 Å². The molecule has 2 unspecified atom stereocenters. The van der Waals surface area contributed by atoms with E-state index in [4.69, 9.17) is 11.6 Å². The molecule has 1 aromatic heterocycles. The first-order chi connectivity index (χ1) is 8.17. The van der Waals surface area contributed by atoms with Crippen LogP contribution in [0.15, 0.2) is 0 Å². The molecule has 1 fully saturated rings. The maximum Gasteiger partial charge on any atom is 0.228 e. The Balaban J connectivity index is 1.92. The first kappa shape index (κ1) is 12.3. The molecule has 6 nitrogen and oxygen atoms in total. The number of aliphatic hydroxyl groups is 1. The van der Waals surface area contributed by atoms with Gasteiger partial charge >= 0.3 is 0 Å². The average Bonchev–Trinajstić information content (AvgIpc) is 2.72. The normalized spacial score (nSPS) is 23.7. The maximum atomic E-state index is 9.42. The number of aromatic nitrogens is 3. The summed E-state index contributed by atoms with van der Waals surface area (Å²) in [5, 5.41) is 15.5. The number of hydrogen-bond donors (Lipinski definition) is 3. The standard InChI is InChI=1S/C10H16ClN5O/c1-12-9-14-8(11)15-10(16-9)13-5-6-2-3-7(17)4-6/h6-7,17H,2-5H2,1H3,(H2,12,13,14,15,16). The molecule has 3 N–H and O–H groups in total. The van der Waals surface area contributed by atoms with Gasteiger partial charge in [0, 0.05) is 13.6 Å². The molecule has 1 aliphatic carbocycles. The van der Waals surface area contributed by atoms with Crippen molar-refractivity contribution in [2.24, 2.45) is 5.92 Å². The second kappa shape index (κ2) is 5.46. The van der Waals surface area contributed by atoms with Crippen LogP contribution < -0.4 is 10.6 Å². The Labute approximate surface area is 105 Å². The van der Waals surface area contributed by atoms with E-state index in [1.807, 2.05) is 0 Å². The van der Waals surface area contributed by atoms with Gasteiger partial charge in [-0.3, -0.25) is 0 Å². The van der Waals surface area contributed by atoms with Crippen LogP contribution in [0, 0.1) is 5.92 Å². The van der Waals surface area contributed by atoms with E-state index >= 15 is 0 Å². The maximum absolute atomic E-state index is 9.42. The van der Waals surface area contributed by atoms with Crippen molar-refractivity contribution in [3.05, 3.63) is 5.28 Å². The van der Waals surface area contributed by atoms with Crippen molar-refractivity contribution in [3.63, 3.8) is 0 Å². The Morgan fingerprint density at radius 2 is 2.06 bits per heavy atom. The SMILES string of the molecule is CNc1nc(Cl)nc(NCC2CCC(O)C2)n1. The molecule has 1 aromatic rings. The average molecular weight is 258 g/mol. The smallest absolute Gasteiger partial charge is 0.228 e. The van der Waals surface area contributed by atoms with Gasteiger partial charge < -0.3 is 15.7 Å². The molecule has 94 valence electrons. The summed E-state index contributed by atoms with van der Waals surface area (Å²) in [6, 6.07) is 0. The second-order valence-electron chi connectivity index (χ2n) is 4.22. The summed E-state index contributed by atoms with van der Waals surface area (Å²) >= 11 is 5.77. The van der Waals surface area contributed by atoms with E-state index < -0.39 is 0 Å². The largest absolute Gasteiger partial charge is 0.393 e. The first-order valence-electron chi connectivity index (χ1n) is 5.68. The van der Waals surface area contributed by atoms with Crippen molar-refractivity contribution in [1.29, 1.82) is 0 Å². The minimum absolute atomic E-state index is 0.156. The monoisotopic (exact) mass is 257 g/mol. The first-order valence-corrected chi connectivity index (χ1v) is 6.06. The highest BCUT2D eigenvalue weighted by molar-refractivity contribution is 6.28. The summed E-state index contributed by atoms with van der Waals surface area (Å²) in [6.45, 7) is 0.751. The zero-order chi connectivity index (χ0) is 12.3. The fraction of sp³-hybridized carbons (Fsp3) is 0.700. The molecule has 1 aliphatic rings. The Morgan fingerprint density at radius 3 is 2.71 bits per heavy atom. The van der Waals surface area contributed by atoms with Crippen molar-refractivity contribution >= 4 is 23.5 Å². The number of aliphatic hydroxyl groups excluding tert-OH is 1. The Morgan fingerprint density at radius 1 is 1.29 bits per heavy atom. The highest BCUT2D eigenvalue weighted by Gasteiger charge is 2.22. The number of rotatable bonds is 4. The van der Waals surface area contributed by atoms with E-state index in [0.29, 0.717) is 17.8 Å². The second-order valence-corrected chi connectivity index (χ2v) is 4.55. The fourth-order valence-electron chi connectivity index (χ4n) is 2.01. The lowest BCUT2D eigenvalue weighted by molar-refractivity contribution is 0.178. The summed E-state index contributed by atoms with van der Waals surface area (Å²) in [5.74, 6) is 1.38. The van der Waals surface area contributed by atoms with E-state index in [1.165, 1.54) is 0 Å². The quantitative estimate of drug-likeness (QED) is 0.750. The Bertz CT molecular complexity index is 389. The van der Waals surface area contributed by atoms with Gasteiger partial charge in [0.15, 0.2) is 0 Å². The van der Waals surface area contributed by atoms with Crippen LogP contribution in [0.4, 0.5) is 11.9 Å². The van der Waals surface area contributed by atoms with Gasteiger partial charge in [-0.1, -0.05) is 0 Å². The third-order valence-corrected chi connectivity index (χ3v) is 3.06. The van der Waals surface area contributed by atoms with Gasteiger partial charge in [0.25, 0.3) is 0 Å². The summed E-state index contributed by atoms with van der Waals surface area (Å²) in [6.07, 6.45) is 2.60. The molecule has 0 bridgehead atoms. The summed E-state index contributed by atoms with van der Waals surface area (Å²) in [7, 11) is 1.72. The highest BCUT2D eigenvalue weighted by Crippen LogP contribution is 2.25. The van der Waals surface area contributed by atoms with Crippen molar-refractivity contribution < 1.29 is 5.11 Å². The summed E-state index contributed by atoms with van der Waals surface area (Å²) in [4.78, 5) is 12.0. The van der Waals surface area contributed by atoms with Crippen LogP contribution >= 0.6 is 11.6 Å². The van der Waals surface area contributed by atoms with Crippen molar-refractivity contribution in [2.75, 3.05) is 24.2 Å². The zero-order valence-corrected chi connectivity index (χ0v) is 10.4. The van der Waals surface area contributed by atoms with Crippen LogP contribution in [0.25, 0.3) is 0 Å². The van der Waals surface area contributed by atoms with E-state index in [-0.39, 0.29) is 11.4 Å². The van der Waals surface area contributed by atoms with Crippen LogP contribution in [0.2, 0.25) is 5.28 Å².